The molecule has 20 heavy (non-hydrogen) atoms. The van der Waals surface area contributed by atoms with Crippen LogP contribution in [0.3, 0.4) is 0 Å². The van der Waals surface area contributed by atoms with E-state index in [1.165, 1.54) is 0 Å². The maximum absolute atomic E-state index is 12.4. The van der Waals surface area contributed by atoms with Gasteiger partial charge in [0.1, 0.15) is 5.82 Å². The van der Waals surface area contributed by atoms with Gasteiger partial charge in [-0.15, -0.1) is 0 Å². The second kappa shape index (κ2) is 6.70. The summed E-state index contributed by atoms with van der Waals surface area (Å²) >= 11 is 0. The fourth-order valence-electron chi connectivity index (χ4n) is 1.99. The number of hydrogen-bond donors (Lipinski definition) is 3. The molecule has 106 valence electrons. The Kier molecular flexibility index (Phi) is 4.70. The number of amides is 1. The lowest BCUT2D eigenvalue weighted by molar-refractivity contribution is 0.0934. The zero-order valence-corrected chi connectivity index (χ0v) is 11.7. The molecule has 0 saturated heterocycles. The van der Waals surface area contributed by atoms with Crippen LogP contribution in [0.2, 0.25) is 0 Å². The van der Waals surface area contributed by atoms with Crippen LogP contribution in [-0.4, -0.2) is 27.4 Å². The molecule has 6 heteroatoms. The van der Waals surface area contributed by atoms with Gasteiger partial charge >= 0.3 is 0 Å². The Hall–Kier alpha value is -2.37. The fourth-order valence-corrected chi connectivity index (χ4v) is 1.99. The van der Waals surface area contributed by atoms with Crippen LogP contribution in [0, 0.1) is 0 Å². The molecule has 2 aromatic rings. The van der Waals surface area contributed by atoms with Gasteiger partial charge in [-0.25, -0.2) is 4.98 Å². The van der Waals surface area contributed by atoms with Gasteiger partial charge in [-0.2, -0.15) is 0 Å². The number of pyridine rings is 1. The highest BCUT2D eigenvalue weighted by Crippen LogP contribution is 2.17. The van der Waals surface area contributed by atoms with Gasteiger partial charge in [0, 0.05) is 31.3 Å². The van der Waals surface area contributed by atoms with Crippen molar-refractivity contribution in [3.63, 3.8) is 0 Å². The fraction of sp³-hybridized carbons (Fsp3) is 0.357. The summed E-state index contributed by atoms with van der Waals surface area (Å²) in [6, 6.07) is 1.67. The van der Waals surface area contributed by atoms with Crippen LogP contribution in [-0.2, 0) is 0 Å². The number of aromatic nitrogens is 3. The van der Waals surface area contributed by atoms with Gasteiger partial charge in [0.15, 0.2) is 0 Å². The number of imidazole rings is 1. The third-order valence-corrected chi connectivity index (χ3v) is 3.00. The molecule has 2 aromatic heterocycles. The zero-order chi connectivity index (χ0) is 14.4. The average molecular weight is 273 g/mol. The molecular formula is C14H19N5O. The molecule has 2 heterocycles. The smallest absolute Gasteiger partial charge is 0.255 e. The van der Waals surface area contributed by atoms with Crippen molar-refractivity contribution >= 4 is 11.6 Å². The van der Waals surface area contributed by atoms with Crippen molar-refractivity contribution in [2.75, 3.05) is 11.9 Å². The predicted octanol–water partition coefficient (Wildman–Crippen LogP) is 2.12. The highest BCUT2D eigenvalue weighted by Gasteiger charge is 2.18. The summed E-state index contributed by atoms with van der Waals surface area (Å²) in [6.07, 6.45) is 7.42. The van der Waals surface area contributed by atoms with Gasteiger partial charge in [0.05, 0.1) is 17.3 Å². The van der Waals surface area contributed by atoms with E-state index in [-0.39, 0.29) is 11.9 Å². The van der Waals surface area contributed by atoms with Crippen LogP contribution in [0.4, 0.5) is 5.69 Å². The highest BCUT2D eigenvalue weighted by atomic mass is 16.1. The van der Waals surface area contributed by atoms with Crippen molar-refractivity contribution in [3.05, 3.63) is 42.2 Å². The van der Waals surface area contributed by atoms with Crippen molar-refractivity contribution in [2.45, 2.75) is 26.3 Å². The minimum Gasteiger partial charge on any atom is -0.385 e. The summed E-state index contributed by atoms with van der Waals surface area (Å²) in [4.78, 5) is 23.6. The number of carbonyl (C=O) groups is 1. The molecule has 1 atom stereocenters. The molecule has 0 aliphatic carbocycles. The molecule has 1 amide bonds. The number of anilines is 1. The van der Waals surface area contributed by atoms with E-state index in [9.17, 15) is 4.79 Å². The van der Waals surface area contributed by atoms with Crippen LogP contribution < -0.4 is 10.6 Å². The Morgan fingerprint density at radius 1 is 1.40 bits per heavy atom. The predicted molar refractivity (Wildman–Crippen MR) is 77.5 cm³/mol. The number of nitrogens with one attached hydrogen (secondary N) is 3. The lowest BCUT2D eigenvalue weighted by atomic mass is 10.1. The Bertz CT molecular complexity index is 552. The number of hydrogen-bond acceptors (Lipinski definition) is 4. The summed E-state index contributed by atoms with van der Waals surface area (Å²) in [5, 5.41) is 6.13. The molecule has 0 spiro atoms. The average Bonchev–Trinajstić information content (AvgIpc) is 2.99. The van der Waals surface area contributed by atoms with E-state index in [1.54, 1.807) is 30.9 Å². The van der Waals surface area contributed by atoms with Crippen molar-refractivity contribution in [3.8, 4) is 0 Å². The van der Waals surface area contributed by atoms with E-state index >= 15 is 0 Å². The van der Waals surface area contributed by atoms with Gasteiger partial charge in [0.25, 0.3) is 5.91 Å². The van der Waals surface area contributed by atoms with Crippen LogP contribution in [0.15, 0.2) is 30.9 Å². The largest absolute Gasteiger partial charge is 0.385 e. The molecule has 0 fully saturated rings. The normalized spacial score (nSPS) is 11.9. The van der Waals surface area contributed by atoms with Crippen molar-refractivity contribution in [2.24, 2.45) is 0 Å². The van der Waals surface area contributed by atoms with Gasteiger partial charge < -0.3 is 15.6 Å². The number of H-pyrrole nitrogens is 1. The van der Waals surface area contributed by atoms with Gasteiger partial charge in [-0.05, 0) is 19.4 Å². The molecule has 0 aliphatic rings. The van der Waals surface area contributed by atoms with Crippen LogP contribution >= 0.6 is 0 Å². The second-order valence-electron chi connectivity index (χ2n) is 4.36. The van der Waals surface area contributed by atoms with Crippen molar-refractivity contribution in [1.29, 1.82) is 0 Å². The summed E-state index contributed by atoms with van der Waals surface area (Å²) < 4.78 is 0. The first-order chi connectivity index (χ1) is 9.76. The van der Waals surface area contributed by atoms with Gasteiger partial charge in [0.2, 0.25) is 0 Å². The summed E-state index contributed by atoms with van der Waals surface area (Å²) in [5.41, 5.74) is 1.33. The summed E-state index contributed by atoms with van der Waals surface area (Å²) in [7, 11) is 0. The highest BCUT2D eigenvalue weighted by molar-refractivity contribution is 5.99. The minimum atomic E-state index is -0.155. The molecule has 0 radical (unpaired) electrons. The minimum absolute atomic E-state index is 0.132. The SMILES string of the molecule is CCNc1ccncc1C(=O)NC(CC)c1ncc[nH]1. The Morgan fingerprint density at radius 3 is 2.90 bits per heavy atom. The molecule has 6 nitrogen and oxygen atoms in total. The van der Waals surface area contributed by atoms with Crippen LogP contribution in [0.1, 0.15) is 42.5 Å². The number of aromatic amines is 1. The van der Waals surface area contributed by atoms with E-state index in [0.29, 0.717) is 5.56 Å². The van der Waals surface area contributed by atoms with Crippen LogP contribution in [0.5, 0.6) is 0 Å². The monoisotopic (exact) mass is 273 g/mol. The Morgan fingerprint density at radius 2 is 2.25 bits per heavy atom. The number of carbonyl (C=O) groups excluding carboxylic acids is 1. The van der Waals surface area contributed by atoms with Gasteiger partial charge in [-0.3, -0.25) is 9.78 Å². The number of nitrogens with zero attached hydrogens (tertiary/aromatic N) is 2. The maximum Gasteiger partial charge on any atom is 0.255 e. The first-order valence-corrected chi connectivity index (χ1v) is 6.74. The van der Waals surface area contributed by atoms with Crippen molar-refractivity contribution < 1.29 is 4.79 Å². The quantitative estimate of drug-likeness (QED) is 0.753. The molecule has 0 aliphatic heterocycles. The third-order valence-electron chi connectivity index (χ3n) is 3.00. The van der Waals surface area contributed by atoms with E-state index in [0.717, 1.165) is 24.5 Å². The van der Waals surface area contributed by atoms with E-state index in [4.69, 9.17) is 0 Å². The van der Waals surface area contributed by atoms with Crippen LogP contribution in [0.25, 0.3) is 0 Å². The first-order valence-electron chi connectivity index (χ1n) is 6.74. The second-order valence-corrected chi connectivity index (χ2v) is 4.36. The van der Waals surface area contributed by atoms with E-state index < -0.39 is 0 Å². The molecule has 0 saturated carbocycles. The number of rotatable bonds is 6. The summed E-state index contributed by atoms with van der Waals surface area (Å²) in [5.74, 6) is 0.604. The molecule has 2 rings (SSSR count). The maximum atomic E-state index is 12.4. The van der Waals surface area contributed by atoms with E-state index in [1.807, 2.05) is 13.8 Å². The summed E-state index contributed by atoms with van der Waals surface area (Å²) in [6.45, 7) is 4.74. The topological polar surface area (TPSA) is 82.7 Å². The lowest BCUT2D eigenvalue weighted by Crippen LogP contribution is -2.29. The Labute approximate surface area is 118 Å². The molecule has 3 N–H and O–H groups in total. The standard InChI is InChI=1S/C14H19N5O/c1-3-11(13-17-7-8-18-13)19-14(20)10-9-15-6-5-12(10)16-4-2/h5-9,11H,3-4H2,1-2H3,(H,15,16)(H,17,18)(H,19,20). The third kappa shape index (κ3) is 3.14. The molecule has 0 aromatic carbocycles. The van der Waals surface area contributed by atoms with E-state index in [2.05, 4.69) is 25.6 Å². The lowest BCUT2D eigenvalue weighted by Gasteiger charge is -2.16. The van der Waals surface area contributed by atoms with Gasteiger partial charge in [-0.1, -0.05) is 6.92 Å². The molecule has 0 bridgehead atoms. The van der Waals surface area contributed by atoms with Crippen molar-refractivity contribution in [1.82, 2.24) is 20.3 Å². The molecular weight excluding hydrogens is 254 g/mol. The first kappa shape index (κ1) is 14.0. The zero-order valence-electron chi connectivity index (χ0n) is 11.7. The Balaban J connectivity index is 2.15. The molecule has 1 unspecified atom stereocenters.